The fourth-order valence-electron chi connectivity index (χ4n) is 4.32. The average Bonchev–Trinajstić information content (AvgIpc) is 3.22. The molecule has 4 heterocycles. The van der Waals surface area contributed by atoms with Gasteiger partial charge in [0.15, 0.2) is 12.3 Å². The first kappa shape index (κ1) is 18.6. The second-order valence-electron chi connectivity index (χ2n) is 7.72. The summed E-state index contributed by atoms with van der Waals surface area (Å²) in [5.41, 5.74) is 1.55. The van der Waals surface area contributed by atoms with Gasteiger partial charge in [0.2, 0.25) is 5.91 Å². The molecule has 2 aliphatic heterocycles. The minimum atomic E-state index is -0.118. The second kappa shape index (κ2) is 7.78. The molecule has 30 heavy (non-hydrogen) atoms. The minimum Gasteiger partial charge on any atom is -0.482 e. The van der Waals surface area contributed by atoms with Gasteiger partial charge in [0.1, 0.15) is 11.6 Å². The van der Waals surface area contributed by atoms with Crippen LogP contribution in [0.5, 0.6) is 5.75 Å². The predicted molar refractivity (Wildman–Crippen MR) is 110 cm³/mol. The molecule has 0 spiro atoms. The monoisotopic (exact) mass is 405 g/mol. The van der Waals surface area contributed by atoms with Gasteiger partial charge in [0.05, 0.1) is 5.69 Å². The van der Waals surface area contributed by atoms with E-state index in [-0.39, 0.29) is 30.8 Å². The summed E-state index contributed by atoms with van der Waals surface area (Å²) >= 11 is 0. The lowest BCUT2D eigenvalue weighted by atomic mass is 9.97. The quantitative estimate of drug-likeness (QED) is 0.665. The highest BCUT2D eigenvalue weighted by Crippen LogP contribution is 2.32. The number of carbonyl (C=O) groups excluding carboxylic acids is 2. The summed E-state index contributed by atoms with van der Waals surface area (Å²) in [6.07, 6.45) is 4.16. The summed E-state index contributed by atoms with van der Waals surface area (Å²) in [5, 5.41) is 8.62. The van der Waals surface area contributed by atoms with Gasteiger partial charge in [0.25, 0.3) is 5.91 Å². The van der Waals surface area contributed by atoms with Crippen molar-refractivity contribution in [3.63, 3.8) is 0 Å². The van der Waals surface area contributed by atoms with Crippen LogP contribution in [0.1, 0.15) is 31.0 Å². The lowest BCUT2D eigenvalue weighted by Gasteiger charge is -2.33. The SMILES string of the molecule is O=C(CCN1C(=O)COc2ccccc21)N1CCC[C@@H](c2nnc3ccccn23)C1. The normalized spacial score (nSPS) is 18.9. The zero-order valence-corrected chi connectivity index (χ0v) is 16.6. The summed E-state index contributed by atoms with van der Waals surface area (Å²) in [4.78, 5) is 28.8. The van der Waals surface area contributed by atoms with Gasteiger partial charge >= 0.3 is 0 Å². The van der Waals surface area contributed by atoms with E-state index in [1.54, 1.807) is 4.90 Å². The van der Waals surface area contributed by atoms with Gasteiger partial charge in [-0.3, -0.25) is 14.0 Å². The largest absolute Gasteiger partial charge is 0.482 e. The summed E-state index contributed by atoms with van der Waals surface area (Å²) < 4.78 is 7.48. The third-order valence-electron chi connectivity index (χ3n) is 5.84. The van der Waals surface area contributed by atoms with Crippen LogP contribution in [0, 0.1) is 0 Å². The Bertz CT molecular complexity index is 1100. The molecule has 1 fully saturated rings. The van der Waals surface area contributed by atoms with Crippen molar-refractivity contribution in [2.45, 2.75) is 25.2 Å². The molecule has 3 aromatic rings. The Balaban J connectivity index is 1.26. The maximum absolute atomic E-state index is 13.0. The van der Waals surface area contributed by atoms with E-state index >= 15 is 0 Å². The zero-order chi connectivity index (χ0) is 20.5. The van der Waals surface area contributed by atoms with Crippen LogP contribution in [-0.2, 0) is 9.59 Å². The van der Waals surface area contributed by atoms with Gasteiger partial charge in [-0.15, -0.1) is 10.2 Å². The lowest BCUT2D eigenvalue weighted by molar-refractivity contribution is -0.132. The molecule has 2 aliphatic rings. The van der Waals surface area contributed by atoms with Crippen LogP contribution in [0.15, 0.2) is 48.7 Å². The van der Waals surface area contributed by atoms with Gasteiger partial charge in [-0.25, -0.2) is 0 Å². The van der Waals surface area contributed by atoms with E-state index in [2.05, 4.69) is 10.2 Å². The first-order valence-electron chi connectivity index (χ1n) is 10.3. The number of pyridine rings is 1. The number of hydrogen-bond acceptors (Lipinski definition) is 5. The number of ether oxygens (including phenoxy) is 1. The van der Waals surface area contributed by atoms with E-state index in [1.807, 2.05) is 58.0 Å². The Morgan fingerprint density at radius 2 is 2.00 bits per heavy atom. The van der Waals surface area contributed by atoms with E-state index in [1.165, 1.54) is 0 Å². The van der Waals surface area contributed by atoms with Gasteiger partial charge in [0, 0.05) is 38.2 Å². The van der Waals surface area contributed by atoms with Gasteiger partial charge < -0.3 is 14.5 Å². The fraction of sp³-hybridized carbons (Fsp3) is 0.364. The summed E-state index contributed by atoms with van der Waals surface area (Å²) in [7, 11) is 0. The highest BCUT2D eigenvalue weighted by Gasteiger charge is 2.30. The van der Waals surface area contributed by atoms with Crippen molar-refractivity contribution in [2.24, 2.45) is 0 Å². The minimum absolute atomic E-state index is 0.0109. The Kier molecular flexibility index (Phi) is 4.82. The Labute approximate surface area is 174 Å². The number of nitrogens with zero attached hydrogens (tertiary/aromatic N) is 5. The van der Waals surface area contributed by atoms with Gasteiger partial charge in [-0.05, 0) is 37.1 Å². The molecule has 2 amide bonds. The van der Waals surface area contributed by atoms with Crippen molar-refractivity contribution in [1.82, 2.24) is 19.5 Å². The molecule has 0 saturated carbocycles. The number of fused-ring (bicyclic) bond motifs is 2. The van der Waals surface area contributed by atoms with Crippen molar-refractivity contribution >= 4 is 23.1 Å². The molecule has 0 aliphatic carbocycles. The fourth-order valence-corrected chi connectivity index (χ4v) is 4.32. The number of hydrogen-bond donors (Lipinski definition) is 0. The van der Waals surface area contributed by atoms with Crippen molar-refractivity contribution in [3.05, 3.63) is 54.5 Å². The molecule has 8 heteroatoms. The third kappa shape index (κ3) is 3.38. The van der Waals surface area contributed by atoms with Crippen LogP contribution < -0.4 is 9.64 Å². The molecule has 154 valence electrons. The Morgan fingerprint density at radius 1 is 1.13 bits per heavy atom. The number of rotatable bonds is 4. The highest BCUT2D eigenvalue weighted by atomic mass is 16.5. The van der Waals surface area contributed by atoms with Crippen LogP contribution >= 0.6 is 0 Å². The number of amides is 2. The number of benzene rings is 1. The molecule has 1 aromatic carbocycles. The topological polar surface area (TPSA) is 80.0 Å². The lowest BCUT2D eigenvalue weighted by Crippen LogP contribution is -2.43. The first-order valence-corrected chi connectivity index (χ1v) is 10.3. The molecular formula is C22H23N5O3. The van der Waals surface area contributed by atoms with Crippen molar-refractivity contribution in [1.29, 1.82) is 0 Å². The van der Waals surface area contributed by atoms with Crippen molar-refractivity contribution < 1.29 is 14.3 Å². The van der Waals surface area contributed by atoms with Crippen LogP contribution in [0.3, 0.4) is 0 Å². The summed E-state index contributed by atoms with van der Waals surface area (Å²) in [5.74, 6) is 1.69. The molecule has 1 saturated heterocycles. The molecule has 2 aromatic heterocycles. The van der Waals surface area contributed by atoms with E-state index in [0.29, 0.717) is 18.8 Å². The Hall–Kier alpha value is -3.42. The molecular weight excluding hydrogens is 382 g/mol. The second-order valence-corrected chi connectivity index (χ2v) is 7.72. The Morgan fingerprint density at radius 3 is 2.93 bits per heavy atom. The average molecular weight is 405 g/mol. The number of carbonyl (C=O) groups is 2. The standard InChI is InChI=1S/C22H23N5O3/c28-20(10-13-26-17-7-1-2-8-18(17)30-15-21(26)29)25-11-5-6-16(14-25)22-24-23-19-9-3-4-12-27(19)22/h1-4,7-9,12,16H,5-6,10-11,13-15H2/t16-/m1/s1. The van der Waals surface area contributed by atoms with E-state index in [4.69, 9.17) is 4.74 Å². The van der Waals surface area contributed by atoms with Gasteiger partial charge in [-0.1, -0.05) is 18.2 Å². The van der Waals surface area contributed by atoms with E-state index in [9.17, 15) is 9.59 Å². The van der Waals surface area contributed by atoms with Crippen LogP contribution in [0.2, 0.25) is 0 Å². The van der Waals surface area contributed by atoms with E-state index in [0.717, 1.165) is 36.5 Å². The molecule has 0 unspecified atom stereocenters. The van der Waals surface area contributed by atoms with Crippen LogP contribution in [0.25, 0.3) is 5.65 Å². The zero-order valence-electron chi connectivity index (χ0n) is 16.6. The van der Waals surface area contributed by atoms with Crippen molar-refractivity contribution in [2.75, 3.05) is 31.1 Å². The maximum Gasteiger partial charge on any atom is 0.265 e. The molecule has 1 atom stereocenters. The van der Waals surface area contributed by atoms with Crippen LogP contribution in [-0.4, -0.2) is 57.6 Å². The predicted octanol–water partition coefficient (Wildman–Crippen LogP) is 2.25. The number of aromatic nitrogens is 3. The number of piperidine rings is 1. The highest BCUT2D eigenvalue weighted by molar-refractivity contribution is 5.98. The smallest absolute Gasteiger partial charge is 0.265 e. The maximum atomic E-state index is 13.0. The molecule has 8 nitrogen and oxygen atoms in total. The first-order chi connectivity index (χ1) is 14.7. The molecule has 0 N–H and O–H groups in total. The third-order valence-corrected chi connectivity index (χ3v) is 5.84. The number of likely N-dealkylation sites (tertiary alicyclic amines) is 1. The molecule has 5 rings (SSSR count). The van der Waals surface area contributed by atoms with E-state index < -0.39 is 0 Å². The molecule has 0 bridgehead atoms. The van der Waals surface area contributed by atoms with Gasteiger partial charge in [-0.2, -0.15) is 0 Å². The molecule has 0 radical (unpaired) electrons. The summed E-state index contributed by atoms with van der Waals surface area (Å²) in [6.45, 7) is 1.73. The number of anilines is 1. The number of para-hydroxylation sites is 2. The van der Waals surface area contributed by atoms with Crippen molar-refractivity contribution in [3.8, 4) is 5.75 Å². The summed E-state index contributed by atoms with van der Waals surface area (Å²) in [6, 6.07) is 13.3. The van der Waals surface area contributed by atoms with Crippen LogP contribution in [0.4, 0.5) is 5.69 Å².